The van der Waals surface area contributed by atoms with Crippen molar-refractivity contribution in [1.29, 1.82) is 0 Å². The van der Waals surface area contributed by atoms with Gasteiger partial charge in [0.05, 0.1) is 6.21 Å². The minimum Gasteiger partial charge on any atom is -0.507 e. The molecule has 0 saturated carbocycles. The summed E-state index contributed by atoms with van der Waals surface area (Å²) in [5.41, 5.74) is 2.03. The molecule has 0 atom stereocenters. The van der Waals surface area contributed by atoms with Crippen LogP contribution in [0.2, 0.25) is 0 Å². The number of amides is 1. The predicted molar refractivity (Wildman–Crippen MR) is 103 cm³/mol. The average Bonchev–Trinajstić information content (AvgIpc) is 2.50. The first-order chi connectivity index (χ1) is 11.9. The van der Waals surface area contributed by atoms with E-state index < -0.39 is 5.91 Å². The standard InChI is InChI=1S/C19H25N5O2/c1-11-16(26)21-17(24-22-11)23-20-10-12-8-13(18(2,3)4)15(25)14(9-12)19(5,6)7/h8-10,25H,1H2,2-7H3,(H,21,23,26)/b20-10+. The molecule has 138 valence electrons. The molecule has 1 aromatic rings. The molecule has 1 aliphatic heterocycles. The van der Waals surface area contributed by atoms with Gasteiger partial charge in [-0.15, -0.1) is 15.3 Å². The van der Waals surface area contributed by atoms with Crippen LogP contribution in [0.5, 0.6) is 5.75 Å². The van der Waals surface area contributed by atoms with Gasteiger partial charge in [-0.25, -0.2) is 0 Å². The fraction of sp³-hybridized carbons (Fsp3) is 0.421. The van der Waals surface area contributed by atoms with Crippen molar-refractivity contribution in [3.05, 3.63) is 41.1 Å². The summed E-state index contributed by atoms with van der Waals surface area (Å²) in [5, 5.41) is 28.3. The zero-order valence-corrected chi connectivity index (χ0v) is 16.1. The predicted octanol–water partition coefficient (Wildman–Crippen LogP) is 3.77. The van der Waals surface area contributed by atoms with Crippen molar-refractivity contribution in [2.45, 2.75) is 52.4 Å². The number of hydrogen-bond donors (Lipinski definition) is 2. The number of nitrogens with zero attached hydrogens (tertiary/aromatic N) is 4. The first-order valence-corrected chi connectivity index (χ1v) is 8.30. The first kappa shape index (κ1) is 19.5. The van der Waals surface area contributed by atoms with Crippen LogP contribution < -0.4 is 5.32 Å². The highest BCUT2D eigenvalue weighted by molar-refractivity contribution is 6.06. The van der Waals surface area contributed by atoms with Crippen molar-refractivity contribution in [3.8, 4) is 5.75 Å². The highest BCUT2D eigenvalue weighted by Crippen LogP contribution is 2.39. The topological polar surface area (TPSA) is 98.8 Å². The number of guanidine groups is 1. The van der Waals surface area contributed by atoms with E-state index in [9.17, 15) is 9.90 Å². The Morgan fingerprint density at radius 3 is 2.08 bits per heavy atom. The molecule has 0 unspecified atom stereocenters. The molecule has 0 radical (unpaired) electrons. The van der Waals surface area contributed by atoms with E-state index in [0.29, 0.717) is 5.75 Å². The second-order valence-corrected chi connectivity index (χ2v) is 8.23. The molecule has 7 heteroatoms. The Morgan fingerprint density at radius 1 is 1.08 bits per heavy atom. The van der Waals surface area contributed by atoms with Crippen molar-refractivity contribution in [1.82, 2.24) is 5.32 Å². The molecule has 1 aliphatic rings. The molecule has 0 spiro atoms. The number of phenolic OH excluding ortho intramolecular Hbond substituents is 1. The van der Waals surface area contributed by atoms with Gasteiger partial charge in [-0.05, 0) is 28.5 Å². The van der Waals surface area contributed by atoms with Gasteiger partial charge in [-0.3, -0.25) is 10.1 Å². The van der Waals surface area contributed by atoms with Gasteiger partial charge in [0, 0.05) is 11.1 Å². The fourth-order valence-electron chi connectivity index (χ4n) is 2.42. The number of benzene rings is 1. The normalized spacial score (nSPS) is 17.2. The van der Waals surface area contributed by atoms with Gasteiger partial charge in [0.25, 0.3) is 11.9 Å². The van der Waals surface area contributed by atoms with Crippen molar-refractivity contribution < 1.29 is 9.90 Å². The van der Waals surface area contributed by atoms with E-state index in [1.807, 2.05) is 53.7 Å². The molecular weight excluding hydrogens is 330 g/mol. The van der Waals surface area contributed by atoms with Gasteiger partial charge in [0.15, 0.2) is 0 Å². The molecule has 2 rings (SSSR count). The third kappa shape index (κ3) is 4.41. The van der Waals surface area contributed by atoms with Crippen LogP contribution in [0.25, 0.3) is 0 Å². The molecule has 1 aromatic carbocycles. The van der Waals surface area contributed by atoms with Crippen LogP contribution in [0.1, 0.15) is 58.2 Å². The van der Waals surface area contributed by atoms with E-state index in [-0.39, 0.29) is 22.5 Å². The summed E-state index contributed by atoms with van der Waals surface area (Å²) in [6.45, 7) is 15.7. The number of carbonyl (C=O) groups is 1. The summed E-state index contributed by atoms with van der Waals surface area (Å²) in [5.74, 6) is -0.145. The van der Waals surface area contributed by atoms with E-state index in [1.165, 1.54) is 0 Å². The van der Waals surface area contributed by atoms with Gasteiger partial charge >= 0.3 is 0 Å². The molecule has 26 heavy (non-hydrogen) atoms. The van der Waals surface area contributed by atoms with E-state index in [1.54, 1.807) is 6.21 Å². The maximum Gasteiger partial charge on any atom is 0.277 e. The van der Waals surface area contributed by atoms with Crippen LogP contribution in [0.3, 0.4) is 0 Å². The minimum absolute atomic E-state index is 0.00418. The second-order valence-electron chi connectivity index (χ2n) is 8.23. The van der Waals surface area contributed by atoms with Gasteiger partial charge in [-0.2, -0.15) is 5.10 Å². The summed E-state index contributed by atoms with van der Waals surface area (Å²) in [4.78, 5) is 11.5. The summed E-state index contributed by atoms with van der Waals surface area (Å²) in [6.07, 6.45) is 1.56. The Bertz CT molecular complexity index is 801. The molecule has 0 aliphatic carbocycles. The maximum absolute atomic E-state index is 11.5. The number of rotatable bonds is 2. The van der Waals surface area contributed by atoms with Gasteiger partial charge in [0.1, 0.15) is 11.4 Å². The molecule has 2 N–H and O–H groups in total. The zero-order valence-electron chi connectivity index (χ0n) is 16.1. The Kier molecular flexibility index (Phi) is 5.11. The van der Waals surface area contributed by atoms with E-state index in [0.717, 1.165) is 16.7 Å². The number of hydrogen-bond acceptors (Lipinski definition) is 5. The van der Waals surface area contributed by atoms with Crippen molar-refractivity contribution in [3.63, 3.8) is 0 Å². The highest BCUT2D eigenvalue weighted by atomic mass is 16.3. The molecule has 0 saturated heterocycles. The lowest BCUT2D eigenvalue weighted by atomic mass is 9.78. The lowest BCUT2D eigenvalue weighted by Crippen LogP contribution is -2.32. The summed E-state index contributed by atoms with van der Waals surface area (Å²) >= 11 is 0. The largest absolute Gasteiger partial charge is 0.507 e. The quantitative estimate of drug-likeness (QED) is 0.479. The molecular formula is C19H25N5O2. The lowest BCUT2D eigenvalue weighted by Gasteiger charge is -2.27. The monoisotopic (exact) mass is 355 g/mol. The highest BCUT2D eigenvalue weighted by Gasteiger charge is 2.26. The first-order valence-electron chi connectivity index (χ1n) is 8.30. The van der Waals surface area contributed by atoms with Crippen molar-refractivity contribution in [2.75, 3.05) is 0 Å². The number of phenols is 1. The van der Waals surface area contributed by atoms with Crippen molar-refractivity contribution >= 4 is 18.1 Å². The van der Waals surface area contributed by atoms with E-state index >= 15 is 0 Å². The SMILES string of the molecule is C=C1N=N/C(=N/N=C/c2cc(C(C)(C)C)c(O)c(C(C)(C)C)c2)NC1=O. The number of nitrogens with one attached hydrogen (secondary N) is 1. The molecule has 0 aromatic heterocycles. The summed E-state index contributed by atoms with van der Waals surface area (Å²) in [7, 11) is 0. The third-order valence-electron chi connectivity index (χ3n) is 3.86. The Labute approximate surface area is 153 Å². The van der Waals surface area contributed by atoms with Crippen LogP contribution in [-0.4, -0.2) is 23.2 Å². The minimum atomic E-state index is -0.455. The number of azo groups is 1. The van der Waals surface area contributed by atoms with E-state index in [4.69, 9.17) is 0 Å². The zero-order chi connectivity index (χ0) is 19.7. The van der Waals surface area contributed by atoms with Crippen LogP contribution in [0.15, 0.2) is 44.8 Å². The fourth-order valence-corrected chi connectivity index (χ4v) is 2.42. The lowest BCUT2D eigenvalue weighted by molar-refractivity contribution is -0.116. The molecule has 1 heterocycles. The van der Waals surface area contributed by atoms with Crippen molar-refractivity contribution in [2.24, 2.45) is 20.4 Å². The van der Waals surface area contributed by atoms with Crippen LogP contribution in [0.4, 0.5) is 0 Å². The summed E-state index contributed by atoms with van der Waals surface area (Å²) in [6, 6.07) is 3.77. The second kappa shape index (κ2) is 6.82. The maximum atomic E-state index is 11.5. The van der Waals surface area contributed by atoms with Crippen LogP contribution in [0, 0.1) is 0 Å². The van der Waals surface area contributed by atoms with Gasteiger partial charge < -0.3 is 5.11 Å². The Balaban J connectivity index is 2.42. The van der Waals surface area contributed by atoms with Crippen LogP contribution >= 0.6 is 0 Å². The summed E-state index contributed by atoms with van der Waals surface area (Å²) < 4.78 is 0. The van der Waals surface area contributed by atoms with Crippen LogP contribution in [-0.2, 0) is 15.6 Å². The number of aromatic hydroxyl groups is 1. The number of carbonyl (C=O) groups excluding carboxylic acids is 1. The average molecular weight is 355 g/mol. The third-order valence-corrected chi connectivity index (χ3v) is 3.86. The molecule has 1 amide bonds. The molecule has 7 nitrogen and oxygen atoms in total. The molecule has 0 bridgehead atoms. The molecule has 0 fully saturated rings. The van der Waals surface area contributed by atoms with E-state index in [2.05, 4.69) is 32.3 Å². The Hall–Kier alpha value is -2.83. The smallest absolute Gasteiger partial charge is 0.277 e. The Morgan fingerprint density at radius 2 is 1.62 bits per heavy atom. The van der Waals surface area contributed by atoms with Gasteiger partial charge in [-0.1, -0.05) is 48.1 Å². The van der Waals surface area contributed by atoms with Gasteiger partial charge in [0.2, 0.25) is 0 Å².